The van der Waals surface area contributed by atoms with Gasteiger partial charge in [-0.15, -0.1) is 0 Å². The van der Waals surface area contributed by atoms with E-state index >= 15 is 0 Å². The highest BCUT2D eigenvalue weighted by atomic mass is 127. The van der Waals surface area contributed by atoms with Crippen molar-refractivity contribution in [1.29, 1.82) is 0 Å². The first-order chi connectivity index (χ1) is 5.15. The minimum atomic E-state index is -0.250. The Kier molecular flexibility index (Phi) is 3.27. The number of hydrogen-bond donors (Lipinski definition) is 1. The maximum atomic E-state index is 12.9. The second-order valence-electron chi connectivity index (χ2n) is 2.06. The quantitative estimate of drug-likeness (QED) is 0.622. The Bertz CT molecular complexity index is 277. The van der Waals surface area contributed by atoms with Crippen molar-refractivity contribution in [3.05, 3.63) is 31.6 Å². The van der Waals surface area contributed by atoms with Crippen molar-refractivity contribution in [2.75, 3.05) is 0 Å². The first-order valence-corrected chi connectivity index (χ1v) is 4.86. The lowest BCUT2D eigenvalue weighted by Gasteiger charge is -2.01. The van der Waals surface area contributed by atoms with Crippen LogP contribution in [0.4, 0.5) is 4.39 Å². The Morgan fingerprint density at radius 2 is 2.18 bits per heavy atom. The van der Waals surface area contributed by atoms with Crippen LogP contribution in [0.15, 0.2) is 16.6 Å². The van der Waals surface area contributed by atoms with Crippen molar-refractivity contribution in [1.82, 2.24) is 0 Å². The van der Waals surface area contributed by atoms with Crippen molar-refractivity contribution < 1.29 is 4.39 Å². The fourth-order valence-electron chi connectivity index (χ4n) is 0.720. The molecule has 1 rings (SSSR count). The molecule has 0 fully saturated rings. The molecule has 0 aliphatic carbocycles. The number of hydrogen-bond acceptors (Lipinski definition) is 1. The van der Waals surface area contributed by atoms with E-state index in [1.165, 1.54) is 6.07 Å². The van der Waals surface area contributed by atoms with Gasteiger partial charge in [-0.05, 0) is 50.7 Å². The molecule has 0 radical (unpaired) electrons. The van der Waals surface area contributed by atoms with E-state index in [1.54, 1.807) is 6.07 Å². The minimum Gasteiger partial charge on any atom is -0.326 e. The van der Waals surface area contributed by atoms with Gasteiger partial charge in [0.25, 0.3) is 0 Å². The maximum Gasteiger partial charge on any atom is 0.128 e. The molecule has 4 heteroatoms. The van der Waals surface area contributed by atoms with Crippen molar-refractivity contribution in [3.8, 4) is 0 Å². The van der Waals surface area contributed by atoms with Gasteiger partial charge in [0.15, 0.2) is 0 Å². The molecule has 0 aromatic heterocycles. The van der Waals surface area contributed by atoms with Gasteiger partial charge in [0, 0.05) is 20.2 Å². The van der Waals surface area contributed by atoms with Gasteiger partial charge in [0.05, 0.1) is 0 Å². The Hall–Kier alpha value is 0.320. The molecule has 0 atom stereocenters. The molecular weight excluding hydrogens is 324 g/mol. The second-order valence-corrected chi connectivity index (χ2v) is 4.08. The Labute approximate surface area is 86.4 Å². The van der Waals surface area contributed by atoms with E-state index in [0.717, 1.165) is 8.04 Å². The molecule has 1 aromatic carbocycles. The predicted molar refractivity (Wildman–Crippen MR) is 54.7 cm³/mol. The molecule has 0 amide bonds. The normalized spacial score (nSPS) is 10.2. The summed E-state index contributed by atoms with van der Waals surface area (Å²) < 4.78 is 14.7. The number of rotatable bonds is 1. The lowest BCUT2D eigenvalue weighted by atomic mass is 10.2. The first kappa shape index (κ1) is 9.41. The Morgan fingerprint density at radius 1 is 1.55 bits per heavy atom. The van der Waals surface area contributed by atoms with Crippen LogP contribution < -0.4 is 5.73 Å². The number of nitrogens with two attached hydrogens (primary N) is 1. The van der Waals surface area contributed by atoms with Crippen molar-refractivity contribution in [2.24, 2.45) is 5.73 Å². The van der Waals surface area contributed by atoms with E-state index in [-0.39, 0.29) is 12.4 Å². The zero-order valence-corrected chi connectivity index (χ0v) is 9.32. The molecule has 1 nitrogen and oxygen atoms in total. The van der Waals surface area contributed by atoms with E-state index in [4.69, 9.17) is 5.73 Å². The molecule has 11 heavy (non-hydrogen) atoms. The molecule has 0 aliphatic heterocycles. The molecule has 0 heterocycles. The highest BCUT2D eigenvalue weighted by Gasteiger charge is 2.03. The molecule has 0 unspecified atom stereocenters. The lowest BCUT2D eigenvalue weighted by Crippen LogP contribution is -2.00. The van der Waals surface area contributed by atoms with Gasteiger partial charge in [0.1, 0.15) is 5.82 Å². The van der Waals surface area contributed by atoms with Crippen LogP contribution in [0.1, 0.15) is 5.56 Å². The fraction of sp³-hybridized carbons (Fsp3) is 0.143. The third-order valence-electron chi connectivity index (χ3n) is 1.31. The third kappa shape index (κ3) is 2.13. The third-order valence-corrected chi connectivity index (χ3v) is 3.60. The van der Waals surface area contributed by atoms with Gasteiger partial charge in [-0.3, -0.25) is 0 Å². The summed E-state index contributed by atoms with van der Waals surface area (Å²) in [7, 11) is 0. The summed E-state index contributed by atoms with van der Waals surface area (Å²) in [5.74, 6) is -0.250. The summed E-state index contributed by atoms with van der Waals surface area (Å²) in [5.41, 5.74) is 5.86. The highest BCUT2D eigenvalue weighted by Crippen LogP contribution is 2.22. The smallest absolute Gasteiger partial charge is 0.128 e. The lowest BCUT2D eigenvalue weighted by molar-refractivity contribution is 0.609. The number of halogens is 3. The van der Waals surface area contributed by atoms with Crippen LogP contribution in [0.2, 0.25) is 0 Å². The topological polar surface area (TPSA) is 26.0 Å². The van der Waals surface area contributed by atoms with Crippen molar-refractivity contribution >= 4 is 38.5 Å². The Balaban J connectivity index is 3.21. The zero-order chi connectivity index (χ0) is 8.43. The molecular formula is C7H6BrFIN. The molecule has 1 aromatic rings. The van der Waals surface area contributed by atoms with Crippen LogP contribution in [0.25, 0.3) is 0 Å². The number of benzene rings is 1. The van der Waals surface area contributed by atoms with Gasteiger partial charge >= 0.3 is 0 Å². The molecule has 0 saturated carbocycles. The van der Waals surface area contributed by atoms with Gasteiger partial charge in [-0.1, -0.05) is 0 Å². The van der Waals surface area contributed by atoms with E-state index in [0.29, 0.717) is 5.56 Å². The zero-order valence-electron chi connectivity index (χ0n) is 5.57. The van der Waals surface area contributed by atoms with Gasteiger partial charge in [-0.2, -0.15) is 0 Å². The van der Waals surface area contributed by atoms with Crippen LogP contribution in [-0.2, 0) is 6.54 Å². The fourth-order valence-corrected chi connectivity index (χ4v) is 1.57. The molecule has 60 valence electrons. The summed E-state index contributed by atoms with van der Waals surface area (Å²) in [5, 5.41) is 0. The second kappa shape index (κ2) is 3.82. The SMILES string of the molecule is NCc1cc(I)c(Br)cc1F. The Morgan fingerprint density at radius 3 is 2.73 bits per heavy atom. The average molecular weight is 330 g/mol. The minimum absolute atomic E-state index is 0.245. The maximum absolute atomic E-state index is 12.9. The largest absolute Gasteiger partial charge is 0.326 e. The van der Waals surface area contributed by atoms with E-state index in [9.17, 15) is 4.39 Å². The summed E-state index contributed by atoms with van der Waals surface area (Å²) >= 11 is 5.34. The predicted octanol–water partition coefficient (Wildman–Crippen LogP) is 2.65. The summed E-state index contributed by atoms with van der Waals surface area (Å²) in [6.07, 6.45) is 0. The van der Waals surface area contributed by atoms with Gasteiger partial charge < -0.3 is 5.73 Å². The van der Waals surface area contributed by atoms with Crippen molar-refractivity contribution in [2.45, 2.75) is 6.54 Å². The van der Waals surface area contributed by atoms with Gasteiger partial charge in [-0.25, -0.2) is 4.39 Å². The van der Waals surface area contributed by atoms with Crippen LogP contribution in [0.3, 0.4) is 0 Å². The van der Waals surface area contributed by atoms with Crippen LogP contribution in [0.5, 0.6) is 0 Å². The first-order valence-electron chi connectivity index (χ1n) is 2.98. The van der Waals surface area contributed by atoms with Crippen LogP contribution in [-0.4, -0.2) is 0 Å². The van der Waals surface area contributed by atoms with E-state index in [1.807, 2.05) is 0 Å². The summed E-state index contributed by atoms with van der Waals surface area (Å²) in [6, 6.07) is 3.17. The molecule has 0 aliphatic rings. The highest BCUT2D eigenvalue weighted by molar-refractivity contribution is 14.1. The summed E-state index contributed by atoms with van der Waals surface area (Å²) in [4.78, 5) is 0. The monoisotopic (exact) mass is 329 g/mol. The van der Waals surface area contributed by atoms with Gasteiger partial charge in [0.2, 0.25) is 0 Å². The van der Waals surface area contributed by atoms with Crippen molar-refractivity contribution in [3.63, 3.8) is 0 Å². The van der Waals surface area contributed by atoms with E-state index in [2.05, 4.69) is 38.5 Å². The molecule has 2 N–H and O–H groups in total. The van der Waals surface area contributed by atoms with Crippen LogP contribution in [0, 0.1) is 9.39 Å². The standard InChI is InChI=1S/C7H6BrFIN/c8-5-2-6(9)4(3-11)1-7(5)10/h1-2H,3,11H2. The van der Waals surface area contributed by atoms with Crippen LogP contribution >= 0.6 is 38.5 Å². The molecule has 0 spiro atoms. The molecule has 0 bridgehead atoms. The summed E-state index contributed by atoms with van der Waals surface area (Å²) in [6.45, 7) is 0.245. The van der Waals surface area contributed by atoms with E-state index < -0.39 is 0 Å². The molecule has 0 saturated heterocycles. The average Bonchev–Trinajstić information content (AvgIpc) is 1.97.